The third kappa shape index (κ3) is 5.25. The highest BCUT2D eigenvalue weighted by Gasteiger charge is 2.19. The van der Waals surface area contributed by atoms with Crippen molar-refractivity contribution in [1.29, 1.82) is 0 Å². The predicted octanol–water partition coefficient (Wildman–Crippen LogP) is 2.57. The number of hydrogen-bond donors (Lipinski definition) is 2. The number of benzene rings is 1. The molecule has 0 bridgehead atoms. The highest BCUT2D eigenvalue weighted by molar-refractivity contribution is 7.14. The van der Waals surface area contributed by atoms with E-state index in [9.17, 15) is 18.8 Å². The molecule has 25 heavy (non-hydrogen) atoms. The van der Waals surface area contributed by atoms with Gasteiger partial charge < -0.3 is 15.8 Å². The number of hydrogen-bond acceptors (Lipinski definition) is 5. The first kappa shape index (κ1) is 18.3. The van der Waals surface area contributed by atoms with Crippen LogP contribution in [0.4, 0.5) is 9.39 Å². The van der Waals surface area contributed by atoms with Gasteiger partial charge in [0.05, 0.1) is 5.56 Å². The third-order valence-corrected chi connectivity index (χ3v) is 3.94. The van der Waals surface area contributed by atoms with Gasteiger partial charge in [0.25, 0.3) is 11.8 Å². The normalized spacial score (nSPS) is 11.9. The van der Waals surface area contributed by atoms with Gasteiger partial charge in [-0.2, -0.15) is 0 Å². The minimum atomic E-state index is -1.08. The molecular weight excluding hydrogens is 347 g/mol. The molecule has 8 heteroatoms. The molecule has 1 aromatic heterocycles. The second kappa shape index (κ2) is 8.20. The van der Waals surface area contributed by atoms with Crippen LogP contribution in [0, 0.1) is 5.82 Å². The summed E-state index contributed by atoms with van der Waals surface area (Å²) in [5, 5.41) is 4.40. The van der Waals surface area contributed by atoms with Crippen LogP contribution < -0.4 is 11.1 Å². The number of esters is 1. The maximum absolute atomic E-state index is 12.8. The molecular formula is C17H15FN2O4S. The standard InChI is InChI=1S/C17H15FN2O4S/c1-10(16(23)20-17-13(15(19)22)8-9-25-17)24-14(21)7-4-11-2-5-12(18)6-3-11/h2-10H,1H3,(H2,19,22)(H,20,23)/b7-4+. The maximum Gasteiger partial charge on any atom is 0.331 e. The number of nitrogens with one attached hydrogen (secondary N) is 1. The van der Waals surface area contributed by atoms with Crippen molar-refractivity contribution >= 4 is 40.2 Å². The Hall–Kier alpha value is -3.00. The lowest BCUT2D eigenvalue weighted by Crippen LogP contribution is -2.29. The first-order valence-electron chi connectivity index (χ1n) is 7.19. The Morgan fingerprint density at radius 2 is 1.92 bits per heavy atom. The fourth-order valence-electron chi connectivity index (χ4n) is 1.82. The second-order valence-corrected chi connectivity index (χ2v) is 5.90. The molecule has 2 aromatic rings. The van der Waals surface area contributed by atoms with Gasteiger partial charge in [-0.05, 0) is 42.1 Å². The molecule has 0 spiro atoms. The van der Waals surface area contributed by atoms with Gasteiger partial charge in [0.15, 0.2) is 6.10 Å². The largest absolute Gasteiger partial charge is 0.449 e. The van der Waals surface area contributed by atoms with Crippen molar-refractivity contribution in [2.24, 2.45) is 5.73 Å². The van der Waals surface area contributed by atoms with Crippen molar-refractivity contribution in [1.82, 2.24) is 0 Å². The Morgan fingerprint density at radius 3 is 2.56 bits per heavy atom. The number of carbonyl (C=O) groups is 3. The van der Waals surface area contributed by atoms with E-state index in [4.69, 9.17) is 10.5 Å². The minimum Gasteiger partial charge on any atom is -0.449 e. The van der Waals surface area contributed by atoms with Crippen LogP contribution in [0.25, 0.3) is 6.08 Å². The van der Waals surface area contributed by atoms with Gasteiger partial charge in [-0.3, -0.25) is 9.59 Å². The molecule has 1 atom stereocenters. The maximum atomic E-state index is 12.8. The Kier molecular flexibility index (Phi) is 6.02. The summed E-state index contributed by atoms with van der Waals surface area (Å²) in [4.78, 5) is 35.0. The molecule has 0 fully saturated rings. The van der Waals surface area contributed by atoms with Crippen LogP contribution in [0.2, 0.25) is 0 Å². The molecule has 3 N–H and O–H groups in total. The van der Waals surface area contributed by atoms with Crippen molar-refractivity contribution in [2.45, 2.75) is 13.0 Å². The van der Waals surface area contributed by atoms with Gasteiger partial charge in [0, 0.05) is 6.08 Å². The van der Waals surface area contributed by atoms with Crippen LogP contribution in [0.5, 0.6) is 0 Å². The average molecular weight is 362 g/mol. The molecule has 1 heterocycles. The summed E-state index contributed by atoms with van der Waals surface area (Å²) in [6.07, 6.45) is 1.50. The molecule has 0 aliphatic carbocycles. The lowest BCUT2D eigenvalue weighted by atomic mass is 10.2. The van der Waals surface area contributed by atoms with Crippen LogP contribution in [0.15, 0.2) is 41.8 Å². The quantitative estimate of drug-likeness (QED) is 0.609. The summed E-state index contributed by atoms with van der Waals surface area (Å²) in [5.41, 5.74) is 5.99. The van der Waals surface area contributed by atoms with E-state index < -0.39 is 23.9 Å². The molecule has 1 unspecified atom stereocenters. The number of carbonyl (C=O) groups excluding carboxylic acids is 3. The Balaban J connectivity index is 1.91. The van der Waals surface area contributed by atoms with Crippen molar-refractivity contribution in [3.05, 3.63) is 58.7 Å². The molecule has 130 valence electrons. The highest BCUT2D eigenvalue weighted by Crippen LogP contribution is 2.23. The van der Waals surface area contributed by atoms with Crippen LogP contribution in [-0.4, -0.2) is 23.9 Å². The number of rotatable bonds is 6. The van der Waals surface area contributed by atoms with Crippen molar-refractivity contribution in [3.8, 4) is 0 Å². The molecule has 0 radical (unpaired) electrons. The number of anilines is 1. The van der Waals surface area contributed by atoms with E-state index in [1.54, 1.807) is 5.38 Å². The summed E-state index contributed by atoms with van der Waals surface area (Å²) < 4.78 is 17.8. The SMILES string of the molecule is CC(OC(=O)/C=C/c1ccc(F)cc1)C(=O)Nc1sccc1C(N)=O. The minimum absolute atomic E-state index is 0.188. The van der Waals surface area contributed by atoms with Crippen LogP contribution in [0.1, 0.15) is 22.8 Å². The van der Waals surface area contributed by atoms with Crippen molar-refractivity contribution < 1.29 is 23.5 Å². The summed E-state index contributed by atoms with van der Waals surface area (Å²) in [6.45, 7) is 1.40. The Bertz CT molecular complexity index is 814. The third-order valence-electron chi connectivity index (χ3n) is 3.11. The van der Waals surface area contributed by atoms with Gasteiger partial charge in [-0.1, -0.05) is 12.1 Å². The Labute approximate surface area is 147 Å². The lowest BCUT2D eigenvalue weighted by molar-refractivity contribution is -0.148. The second-order valence-electron chi connectivity index (χ2n) is 4.98. The lowest BCUT2D eigenvalue weighted by Gasteiger charge is -2.12. The fourth-order valence-corrected chi connectivity index (χ4v) is 2.61. The van der Waals surface area contributed by atoms with E-state index in [-0.39, 0.29) is 11.4 Å². The summed E-state index contributed by atoms with van der Waals surface area (Å²) in [5.74, 6) is -2.36. The zero-order valence-electron chi connectivity index (χ0n) is 13.2. The van der Waals surface area contributed by atoms with Crippen LogP contribution in [0.3, 0.4) is 0 Å². The summed E-state index contributed by atoms with van der Waals surface area (Å²) in [7, 11) is 0. The summed E-state index contributed by atoms with van der Waals surface area (Å²) >= 11 is 1.13. The highest BCUT2D eigenvalue weighted by atomic mass is 32.1. The van der Waals surface area contributed by atoms with Crippen LogP contribution in [-0.2, 0) is 14.3 Å². The number of nitrogens with two attached hydrogens (primary N) is 1. The zero-order chi connectivity index (χ0) is 18.4. The molecule has 6 nitrogen and oxygen atoms in total. The molecule has 0 aliphatic heterocycles. The average Bonchev–Trinajstić information content (AvgIpc) is 3.02. The van der Waals surface area contributed by atoms with E-state index in [0.29, 0.717) is 10.6 Å². The van der Waals surface area contributed by atoms with Gasteiger partial charge in [0.2, 0.25) is 0 Å². The molecule has 2 amide bonds. The van der Waals surface area contributed by atoms with Crippen molar-refractivity contribution in [3.63, 3.8) is 0 Å². The first-order chi connectivity index (χ1) is 11.9. The van der Waals surface area contributed by atoms with Gasteiger partial charge in [-0.15, -0.1) is 11.3 Å². The molecule has 0 aliphatic rings. The molecule has 1 aromatic carbocycles. The first-order valence-corrected chi connectivity index (χ1v) is 8.07. The fraction of sp³-hybridized carbons (Fsp3) is 0.118. The van der Waals surface area contributed by atoms with Crippen molar-refractivity contribution in [2.75, 3.05) is 5.32 Å². The van der Waals surface area contributed by atoms with Gasteiger partial charge in [0.1, 0.15) is 10.8 Å². The van der Waals surface area contributed by atoms with E-state index in [0.717, 1.165) is 17.4 Å². The molecule has 0 saturated heterocycles. The number of amides is 2. The smallest absolute Gasteiger partial charge is 0.331 e. The number of ether oxygens (including phenoxy) is 1. The van der Waals surface area contributed by atoms with E-state index >= 15 is 0 Å². The number of halogens is 1. The monoisotopic (exact) mass is 362 g/mol. The summed E-state index contributed by atoms with van der Waals surface area (Å²) in [6, 6.07) is 7.01. The van der Waals surface area contributed by atoms with E-state index in [2.05, 4.69) is 5.32 Å². The number of primary amides is 1. The zero-order valence-corrected chi connectivity index (χ0v) is 14.0. The molecule has 2 rings (SSSR count). The predicted molar refractivity (Wildman–Crippen MR) is 92.5 cm³/mol. The Morgan fingerprint density at radius 1 is 1.24 bits per heavy atom. The molecule has 0 saturated carbocycles. The van der Waals surface area contributed by atoms with Gasteiger partial charge >= 0.3 is 5.97 Å². The number of thiophene rings is 1. The van der Waals surface area contributed by atoms with Crippen LogP contribution >= 0.6 is 11.3 Å². The van der Waals surface area contributed by atoms with Gasteiger partial charge in [-0.25, -0.2) is 9.18 Å². The van der Waals surface area contributed by atoms with E-state index in [1.807, 2.05) is 0 Å². The topological polar surface area (TPSA) is 98.5 Å². The van der Waals surface area contributed by atoms with E-state index in [1.165, 1.54) is 43.3 Å².